The topological polar surface area (TPSA) is 0 Å². The minimum Gasteiger partial charge on any atom is -0.0613 e. The summed E-state index contributed by atoms with van der Waals surface area (Å²) in [6.45, 7) is 14.0. The highest BCUT2D eigenvalue weighted by Gasteiger charge is 2.36. The third-order valence-electron chi connectivity index (χ3n) is 6.08. The zero-order chi connectivity index (χ0) is 18.2. The molecule has 0 nitrogen and oxygen atoms in total. The molecule has 0 saturated heterocycles. The van der Waals surface area contributed by atoms with Crippen molar-refractivity contribution in [2.45, 2.75) is 71.6 Å². The molecule has 0 bridgehead atoms. The van der Waals surface area contributed by atoms with Crippen molar-refractivity contribution in [2.75, 3.05) is 0 Å². The Morgan fingerprint density at radius 2 is 1.48 bits per heavy atom. The molecule has 0 radical (unpaired) electrons. The summed E-state index contributed by atoms with van der Waals surface area (Å²) in [6.07, 6.45) is 5.93. The SMILES string of the molecule is CCc1ccc(C=C(C)c2ccc3c(c2)C(C)(C)CCC3(C)C)cc1. The van der Waals surface area contributed by atoms with Crippen molar-refractivity contribution >= 4 is 11.6 Å². The average Bonchev–Trinajstić information content (AvgIpc) is 2.59. The van der Waals surface area contributed by atoms with Crippen molar-refractivity contribution in [3.8, 4) is 0 Å². The summed E-state index contributed by atoms with van der Waals surface area (Å²) in [5.41, 5.74) is 9.00. The van der Waals surface area contributed by atoms with Crippen molar-refractivity contribution in [1.82, 2.24) is 0 Å². The Bertz CT molecular complexity index is 785. The van der Waals surface area contributed by atoms with E-state index < -0.39 is 0 Å². The zero-order valence-electron chi connectivity index (χ0n) is 16.7. The van der Waals surface area contributed by atoms with Crippen LogP contribution in [0.4, 0.5) is 0 Å². The van der Waals surface area contributed by atoms with Crippen LogP contribution in [0.1, 0.15) is 82.2 Å². The molecule has 0 amide bonds. The van der Waals surface area contributed by atoms with Gasteiger partial charge in [-0.2, -0.15) is 0 Å². The van der Waals surface area contributed by atoms with Gasteiger partial charge in [-0.1, -0.05) is 83.2 Å². The lowest BCUT2D eigenvalue weighted by Crippen LogP contribution is -2.33. The second-order valence-electron chi connectivity index (χ2n) is 8.95. The van der Waals surface area contributed by atoms with Gasteiger partial charge in [-0.3, -0.25) is 0 Å². The summed E-state index contributed by atoms with van der Waals surface area (Å²) in [4.78, 5) is 0. The van der Waals surface area contributed by atoms with Crippen LogP contribution >= 0.6 is 0 Å². The van der Waals surface area contributed by atoms with Crippen LogP contribution in [-0.2, 0) is 17.3 Å². The quantitative estimate of drug-likeness (QED) is 0.523. The molecule has 1 aliphatic rings. The van der Waals surface area contributed by atoms with Crippen LogP contribution in [0.2, 0.25) is 0 Å². The molecule has 1 aliphatic carbocycles. The predicted octanol–water partition coefficient (Wildman–Crippen LogP) is 7.16. The number of allylic oxidation sites excluding steroid dienone is 1. The van der Waals surface area contributed by atoms with E-state index in [1.54, 1.807) is 0 Å². The van der Waals surface area contributed by atoms with Crippen LogP contribution in [0.5, 0.6) is 0 Å². The fourth-order valence-corrected chi connectivity index (χ4v) is 4.02. The maximum atomic E-state index is 2.45. The Morgan fingerprint density at radius 3 is 2.08 bits per heavy atom. The largest absolute Gasteiger partial charge is 0.0613 e. The van der Waals surface area contributed by atoms with Gasteiger partial charge >= 0.3 is 0 Å². The lowest BCUT2D eigenvalue weighted by molar-refractivity contribution is 0.332. The molecule has 0 aromatic heterocycles. The summed E-state index contributed by atoms with van der Waals surface area (Å²) in [5, 5.41) is 0. The first kappa shape index (κ1) is 18.0. The second kappa shape index (κ2) is 6.48. The Labute approximate surface area is 154 Å². The van der Waals surface area contributed by atoms with Crippen LogP contribution in [-0.4, -0.2) is 0 Å². The highest BCUT2D eigenvalue weighted by Crippen LogP contribution is 2.46. The normalized spacial score (nSPS) is 18.7. The van der Waals surface area contributed by atoms with Gasteiger partial charge in [-0.25, -0.2) is 0 Å². The monoisotopic (exact) mass is 332 g/mol. The second-order valence-corrected chi connectivity index (χ2v) is 8.95. The molecular weight excluding hydrogens is 300 g/mol. The standard InChI is InChI=1S/C25H32/c1-7-19-8-10-20(11-9-19)16-18(2)21-12-13-22-23(17-21)25(5,6)15-14-24(22,3)4/h8-13,16-17H,7,14-15H2,1-6H3. The molecule has 2 aromatic carbocycles. The number of hydrogen-bond donors (Lipinski definition) is 0. The molecule has 0 saturated carbocycles. The Morgan fingerprint density at radius 1 is 0.880 bits per heavy atom. The van der Waals surface area contributed by atoms with Crippen LogP contribution in [0, 0.1) is 0 Å². The molecule has 0 atom stereocenters. The number of rotatable bonds is 3. The first-order valence-electron chi connectivity index (χ1n) is 9.65. The van der Waals surface area contributed by atoms with Gasteiger partial charge in [0.15, 0.2) is 0 Å². The van der Waals surface area contributed by atoms with Crippen LogP contribution in [0.3, 0.4) is 0 Å². The van der Waals surface area contributed by atoms with E-state index in [0.29, 0.717) is 0 Å². The van der Waals surface area contributed by atoms with Crippen molar-refractivity contribution in [3.05, 3.63) is 70.3 Å². The fourth-order valence-electron chi connectivity index (χ4n) is 4.02. The zero-order valence-corrected chi connectivity index (χ0v) is 16.7. The highest BCUT2D eigenvalue weighted by atomic mass is 14.4. The molecule has 0 aliphatic heterocycles. The highest BCUT2D eigenvalue weighted by molar-refractivity contribution is 5.80. The van der Waals surface area contributed by atoms with Crippen molar-refractivity contribution in [1.29, 1.82) is 0 Å². The van der Waals surface area contributed by atoms with Gasteiger partial charge in [0.1, 0.15) is 0 Å². The van der Waals surface area contributed by atoms with Crippen LogP contribution in [0.15, 0.2) is 42.5 Å². The van der Waals surface area contributed by atoms with Gasteiger partial charge in [0.2, 0.25) is 0 Å². The van der Waals surface area contributed by atoms with Crippen molar-refractivity contribution in [2.24, 2.45) is 0 Å². The van der Waals surface area contributed by atoms with Gasteiger partial charge in [-0.05, 0) is 70.4 Å². The van der Waals surface area contributed by atoms with E-state index in [0.717, 1.165) is 6.42 Å². The minimum absolute atomic E-state index is 0.268. The van der Waals surface area contributed by atoms with Gasteiger partial charge in [-0.15, -0.1) is 0 Å². The first-order valence-corrected chi connectivity index (χ1v) is 9.65. The van der Waals surface area contributed by atoms with Crippen molar-refractivity contribution in [3.63, 3.8) is 0 Å². The molecule has 0 unspecified atom stereocenters. The molecule has 25 heavy (non-hydrogen) atoms. The Hall–Kier alpha value is -1.82. The van der Waals surface area contributed by atoms with Gasteiger partial charge in [0.05, 0.1) is 0 Å². The lowest BCUT2D eigenvalue weighted by Gasteiger charge is -2.42. The molecule has 2 aromatic rings. The summed E-state index contributed by atoms with van der Waals surface area (Å²) in [5.74, 6) is 0. The number of benzene rings is 2. The smallest absolute Gasteiger partial charge is 0.0100 e. The summed E-state index contributed by atoms with van der Waals surface area (Å²) >= 11 is 0. The van der Waals surface area contributed by atoms with Gasteiger partial charge < -0.3 is 0 Å². The van der Waals surface area contributed by atoms with E-state index in [-0.39, 0.29) is 10.8 Å². The molecule has 0 spiro atoms. The lowest BCUT2D eigenvalue weighted by atomic mass is 9.63. The van der Waals surface area contributed by atoms with E-state index in [1.165, 1.54) is 46.2 Å². The summed E-state index contributed by atoms with van der Waals surface area (Å²) in [7, 11) is 0. The number of aryl methyl sites for hydroxylation is 1. The van der Waals surface area contributed by atoms with Gasteiger partial charge in [0, 0.05) is 0 Å². The van der Waals surface area contributed by atoms with Crippen LogP contribution < -0.4 is 0 Å². The summed E-state index contributed by atoms with van der Waals surface area (Å²) in [6, 6.07) is 16.1. The maximum Gasteiger partial charge on any atom is -0.0100 e. The summed E-state index contributed by atoms with van der Waals surface area (Å²) < 4.78 is 0. The fraction of sp³-hybridized carbons (Fsp3) is 0.440. The molecule has 0 fully saturated rings. The van der Waals surface area contributed by atoms with E-state index >= 15 is 0 Å². The number of fused-ring (bicyclic) bond motifs is 1. The number of hydrogen-bond acceptors (Lipinski definition) is 0. The molecule has 0 heterocycles. The van der Waals surface area contributed by atoms with E-state index in [2.05, 4.69) is 90.1 Å². The molecule has 0 N–H and O–H groups in total. The Balaban J connectivity index is 1.99. The third-order valence-corrected chi connectivity index (χ3v) is 6.08. The predicted molar refractivity (Wildman–Crippen MR) is 111 cm³/mol. The molecule has 3 rings (SSSR count). The average molecular weight is 333 g/mol. The first-order chi connectivity index (χ1) is 11.7. The minimum atomic E-state index is 0.268. The van der Waals surface area contributed by atoms with Crippen molar-refractivity contribution < 1.29 is 0 Å². The van der Waals surface area contributed by atoms with E-state index in [1.807, 2.05) is 0 Å². The third kappa shape index (κ3) is 3.59. The van der Waals surface area contributed by atoms with E-state index in [9.17, 15) is 0 Å². The van der Waals surface area contributed by atoms with Gasteiger partial charge in [0.25, 0.3) is 0 Å². The molecular formula is C25H32. The van der Waals surface area contributed by atoms with E-state index in [4.69, 9.17) is 0 Å². The molecule has 132 valence electrons. The maximum absolute atomic E-state index is 2.45. The Kier molecular flexibility index (Phi) is 4.66. The molecule has 0 heteroatoms. The van der Waals surface area contributed by atoms with Crippen LogP contribution in [0.25, 0.3) is 11.6 Å².